The summed E-state index contributed by atoms with van der Waals surface area (Å²) in [5.74, 6) is 0.205. The van der Waals surface area contributed by atoms with Gasteiger partial charge >= 0.3 is 0 Å². The molecule has 1 heterocycles. The molecule has 21 heavy (non-hydrogen) atoms. The Labute approximate surface area is 132 Å². The van der Waals surface area contributed by atoms with Crippen molar-refractivity contribution in [1.29, 1.82) is 0 Å². The van der Waals surface area contributed by atoms with Crippen LogP contribution < -0.4 is 5.32 Å². The number of hydrogen-bond acceptors (Lipinski definition) is 3. The average Bonchev–Trinajstić information content (AvgIpc) is 2.76. The Kier molecular flexibility index (Phi) is 5.62. The fourth-order valence-corrected chi connectivity index (χ4v) is 2.82. The van der Waals surface area contributed by atoms with Gasteiger partial charge in [-0.1, -0.05) is 30.7 Å². The van der Waals surface area contributed by atoms with Crippen LogP contribution >= 0.6 is 11.6 Å². The highest BCUT2D eigenvalue weighted by atomic mass is 35.5. The average molecular weight is 310 g/mol. The highest BCUT2D eigenvalue weighted by molar-refractivity contribution is 6.30. The molecule has 4 nitrogen and oxygen atoms in total. The van der Waals surface area contributed by atoms with Crippen LogP contribution in [0.1, 0.15) is 31.5 Å². The Morgan fingerprint density at radius 2 is 1.95 bits per heavy atom. The summed E-state index contributed by atoms with van der Waals surface area (Å²) in [6.45, 7) is 3.79. The third kappa shape index (κ3) is 3.96. The number of nitrogens with one attached hydrogen (secondary N) is 1. The van der Waals surface area contributed by atoms with Gasteiger partial charge in [-0.15, -0.1) is 0 Å². The molecule has 1 amide bonds. The molecule has 116 valence electrons. The van der Waals surface area contributed by atoms with Crippen LogP contribution in [-0.4, -0.2) is 48.9 Å². The minimum absolute atomic E-state index is 0.0399. The van der Waals surface area contributed by atoms with Gasteiger partial charge in [-0.25, -0.2) is 0 Å². The van der Waals surface area contributed by atoms with Gasteiger partial charge in [-0.3, -0.25) is 10.1 Å². The van der Waals surface area contributed by atoms with E-state index in [-0.39, 0.29) is 18.1 Å². The van der Waals surface area contributed by atoms with E-state index < -0.39 is 0 Å². The molecule has 2 unspecified atom stereocenters. The molecule has 1 fully saturated rings. The molecule has 1 aromatic rings. The van der Waals surface area contributed by atoms with Gasteiger partial charge < -0.3 is 9.80 Å². The van der Waals surface area contributed by atoms with Crippen molar-refractivity contribution in [2.24, 2.45) is 0 Å². The summed E-state index contributed by atoms with van der Waals surface area (Å²) in [6, 6.07) is 7.65. The molecule has 1 N–H and O–H groups in total. The quantitative estimate of drug-likeness (QED) is 0.877. The number of amides is 1. The number of hydrogen-bond donors (Lipinski definition) is 1. The van der Waals surface area contributed by atoms with Gasteiger partial charge in [-0.05, 0) is 51.2 Å². The Morgan fingerprint density at radius 3 is 2.52 bits per heavy atom. The molecular weight excluding hydrogens is 286 g/mol. The van der Waals surface area contributed by atoms with Gasteiger partial charge in [0.1, 0.15) is 6.17 Å². The van der Waals surface area contributed by atoms with Crippen LogP contribution in [0.2, 0.25) is 5.02 Å². The predicted molar refractivity (Wildman–Crippen MR) is 86.3 cm³/mol. The van der Waals surface area contributed by atoms with Crippen LogP contribution in [0, 0.1) is 0 Å². The van der Waals surface area contributed by atoms with E-state index in [1.807, 2.05) is 36.1 Å². The number of nitrogens with zero attached hydrogens (tertiary/aromatic N) is 2. The highest BCUT2D eigenvalue weighted by Crippen LogP contribution is 2.27. The molecule has 5 heteroatoms. The molecule has 0 radical (unpaired) electrons. The fourth-order valence-electron chi connectivity index (χ4n) is 2.69. The first-order valence-electron chi connectivity index (χ1n) is 7.49. The van der Waals surface area contributed by atoms with Gasteiger partial charge in [0.05, 0.1) is 6.04 Å². The first-order chi connectivity index (χ1) is 10.0. The minimum Gasteiger partial charge on any atom is -0.322 e. The number of carbonyl (C=O) groups is 1. The fraction of sp³-hybridized carbons (Fsp3) is 0.562. The molecular formula is C16H24ClN3O. The third-order valence-corrected chi connectivity index (χ3v) is 4.10. The molecule has 2 rings (SSSR count). The lowest BCUT2D eigenvalue weighted by Crippen LogP contribution is -2.33. The van der Waals surface area contributed by atoms with Crippen LogP contribution in [0.25, 0.3) is 0 Å². The number of halogens is 1. The van der Waals surface area contributed by atoms with Gasteiger partial charge in [0.25, 0.3) is 0 Å². The van der Waals surface area contributed by atoms with Crippen LogP contribution in [0.5, 0.6) is 0 Å². The van der Waals surface area contributed by atoms with Crippen molar-refractivity contribution in [2.75, 3.05) is 27.2 Å². The summed E-state index contributed by atoms with van der Waals surface area (Å²) in [6.07, 6.45) is 1.75. The standard InChI is InChI=1S/C16H24ClN3O/c1-4-14-16(21)20(11-5-10-19(2)3)15(18-14)12-6-8-13(17)9-7-12/h6-9,14-15,18H,4-5,10-11H2,1-3H3. The monoisotopic (exact) mass is 309 g/mol. The molecule has 0 saturated carbocycles. The van der Waals surface area contributed by atoms with Crippen LogP contribution in [0.15, 0.2) is 24.3 Å². The summed E-state index contributed by atoms with van der Waals surface area (Å²) in [5.41, 5.74) is 1.09. The number of carbonyl (C=O) groups excluding carboxylic acids is 1. The SMILES string of the molecule is CCC1NC(c2ccc(Cl)cc2)N(CCCN(C)C)C1=O. The van der Waals surface area contributed by atoms with Crippen molar-refractivity contribution in [2.45, 2.75) is 32.0 Å². The van der Waals surface area contributed by atoms with E-state index in [1.165, 1.54) is 0 Å². The van der Waals surface area contributed by atoms with E-state index in [1.54, 1.807) is 0 Å². The van der Waals surface area contributed by atoms with Gasteiger partial charge in [0.15, 0.2) is 0 Å². The Balaban J connectivity index is 2.12. The van der Waals surface area contributed by atoms with Crippen LogP contribution in [0.4, 0.5) is 0 Å². The van der Waals surface area contributed by atoms with Gasteiger partial charge in [-0.2, -0.15) is 0 Å². The first kappa shape index (κ1) is 16.3. The normalized spacial score (nSPS) is 22.3. The highest BCUT2D eigenvalue weighted by Gasteiger charge is 2.37. The van der Waals surface area contributed by atoms with E-state index >= 15 is 0 Å². The van der Waals surface area contributed by atoms with Crippen molar-refractivity contribution >= 4 is 17.5 Å². The molecule has 1 aliphatic heterocycles. The van der Waals surface area contributed by atoms with Gasteiger partial charge in [0.2, 0.25) is 5.91 Å². The maximum Gasteiger partial charge on any atom is 0.241 e. The molecule has 2 atom stereocenters. The summed E-state index contributed by atoms with van der Waals surface area (Å²) >= 11 is 5.95. The second kappa shape index (κ2) is 7.25. The van der Waals surface area contributed by atoms with Crippen molar-refractivity contribution in [3.8, 4) is 0 Å². The zero-order valence-electron chi connectivity index (χ0n) is 13.0. The Morgan fingerprint density at radius 1 is 1.29 bits per heavy atom. The minimum atomic E-state index is -0.0787. The molecule has 0 bridgehead atoms. The second-order valence-electron chi connectivity index (χ2n) is 5.77. The summed E-state index contributed by atoms with van der Waals surface area (Å²) in [4.78, 5) is 16.6. The summed E-state index contributed by atoms with van der Waals surface area (Å²) in [5, 5.41) is 4.15. The maximum absolute atomic E-state index is 12.5. The molecule has 1 saturated heterocycles. The largest absolute Gasteiger partial charge is 0.322 e. The van der Waals surface area contributed by atoms with Crippen molar-refractivity contribution in [3.63, 3.8) is 0 Å². The third-order valence-electron chi connectivity index (χ3n) is 3.85. The summed E-state index contributed by atoms with van der Waals surface area (Å²) < 4.78 is 0. The Bertz CT molecular complexity index is 475. The smallest absolute Gasteiger partial charge is 0.241 e. The topological polar surface area (TPSA) is 35.6 Å². The second-order valence-corrected chi connectivity index (χ2v) is 6.21. The number of benzene rings is 1. The maximum atomic E-state index is 12.5. The molecule has 0 aromatic heterocycles. The first-order valence-corrected chi connectivity index (χ1v) is 7.87. The van der Waals surface area contributed by atoms with E-state index in [4.69, 9.17) is 11.6 Å². The predicted octanol–water partition coefficient (Wildman–Crippen LogP) is 2.50. The van der Waals surface area contributed by atoms with E-state index in [0.29, 0.717) is 5.02 Å². The van der Waals surface area contributed by atoms with Crippen molar-refractivity contribution < 1.29 is 4.79 Å². The van der Waals surface area contributed by atoms with E-state index in [2.05, 4.69) is 24.3 Å². The lowest BCUT2D eigenvalue weighted by Gasteiger charge is -2.25. The zero-order chi connectivity index (χ0) is 15.4. The lowest BCUT2D eigenvalue weighted by molar-refractivity contribution is -0.130. The Hall–Kier alpha value is -1.10. The number of rotatable bonds is 6. The van der Waals surface area contributed by atoms with E-state index in [9.17, 15) is 4.79 Å². The van der Waals surface area contributed by atoms with Crippen molar-refractivity contribution in [3.05, 3.63) is 34.9 Å². The zero-order valence-corrected chi connectivity index (χ0v) is 13.7. The van der Waals surface area contributed by atoms with Crippen LogP contribution in [-0.2, 0) is 4.79 Å². The van der Waals surface area contributed by atoms with E-state index in [0.717, 1.165) is 31.5 Å². The molecule has 1 aromatic carbocycles. The van der Waals surface area contributed by atoms with Crippen molar-refractivity contribution in [1.82, 2.24) is 15.1 Å². The van der Waals surface area contributed by atoms with Gasteiger partial charge in [0, 0.05) is 11.6 Å². The molecule has 1 aliphatic rings. The van der Waals surface area contributed by atoms with Crippen LogP contribution in [0.3, 0.4) is 0 Å². The molecule has 0 spiro atoms. The molecule has 0 aliphatic carbocycles. The summed E-state index contributed by atoms with van der Waals surface area (Å²) in [7, 11) is 4.10. The lowest BCUT2D eigenvalue weighted by atomic mass is 10.1.